The molecule has 0 atom stereocenters. The van der Waals surface area contributed by atoms with E-state index >= 15 is 0 Å². The van der Waals surface area contributed by atoms with Crippen LogP contribution in [0.4, 0.5) is 5.69 Å². The average Bonchev–Trinajstić information content (AvgIpc) is 3.06. The number of amides is 1. The van der Waals surface area contributed by atoms with Crippen LogP contribution >= 0.6 is 23.4 Å². The first-order chi connectivity index (χ1) is 12.7. The maximum atomic E-state index is 12.2. The number of thioether (sulfide) groups is 1. The van der Waals surface area contributed by atoms with Gasteiger partial charge in [-0.05, 0) is 18.6 Å². The number of para-hydroxylation sites is 1. The minimum Gasteiger partial charge on any atom is -0.324 e. The number of anilines is 1. The van der Waals surface area contributed by atoms with Crippen LogP contribution in [0.3, 0.4) is 0 Å². The van der Waals surface area contributed by atoms with Crippen LogP contribution in [0.1, 0.15) is 13.3 Å². The van der Waals surface area contributed by atoms with E-state index in [9.17, 15) is 4.79 Å². The standard InChI is InChI=1S/C19H19ClN4OS/c1-2-12-24-18(14-8-4-3-5-9-14)22-23-19(24)26-13-17(25)21-16-11-7-6-10-15(16)20/h3-11H,2,12-13H2,1H3,(H,21,25). The summed E-state index contributed by atoms with van der Waals surface area (Å²) in [5, 5.41) is 12.7. The van der Waals surface area contributed by atoms with E-state index in [1.54, 1.807) is 12.1 Å². The van der Waals surface area contributed by atoms with Gasteiger partial charge in [-0.2, -0.15) is 0 Å². The summed E-state index contributed by atoms with van der Waals surface area (Å²) in [5.74, 6) is 0.930. The van der Waals surface area contributed by atoms with Crippen LogP contribution in [-0.4, -0.2) is 26.4 Å². The second-order valence-corrected chi connectivity index (χ2v) is 6.99. The van der Waals surface area contributed by atoms with E-state index in [2.05, 4.69) is 27.0 Å². The predicted octanol–water partition coefficient (Wildman–Crippen LogP) is 4.74. The number of benzene rings is 2. The lowest BCUT2D eigenvalue weighted by molar-refractivity contribution is -0.113. The Labute approximate surface area is 161 Å². The minimum atomic E-state index is -0.129. The number of hydrogen-bond acceptors (Lipinski definition) is 4. The van der Waals surface area contributed by atoms with Gasteiger partial charge in [0.2, 0.25) is 5.91 Å². The number of rotatable bonds is 7. The first-order valence-electron chi connectivity index (χ1n) is 8.35. The summed E-state index contributed by atoms with van der Waals surface area (Å²) in [6, 6.07) is 17.1. The van der Waals surface area contributed by atoms with E-state index in [0.29, 0.717) is 10.7 Å². The molecule has 0 radical (unpaired) electrons. The molecule has 1 aromatic heterocycles. The number of halogens is 1. The van der Waals surface area contributed by atoms with E-state index in [4.69, 9.17) is 11.6 Å². The normalized spacial score (nSPS) is 10.7. The summed E-state index contributed by atoms with van der Waals surface area (Å²) in [7, 11) is 0. The maximum absolute atomic E-state index is 12.2. The van der Waals surface area contributed by atoms with E-state index in [1.165, 1.54) is 11.8 Å². The number of carbonyl (C=O) groups excluding carboxylic acids is 1. The van der Waals surface area contributed by atoms with Crippen LogP contribution in [0.5, 0.6) is 0 Å². The molecule has 0 unspecified atom stereocenters. The first-order valence-corrected chi connectivity index (χ1v) is 9.71. The van der Waals surface area contributed by atoms with Gasteiger partial charge in [-0.15, -0.1) is 10.2 Å². The molecule has 134 valence electrons. The van der Waals surface area contributed by atoms with Gasteiger partial charge < -0.3 is 9.88 Å². The Morgan fingerprint density at radius 2 is 1.85 bits per heavy atom. The molecule has 0 bridgehead atoms. The zero-order chi connectivity index (χ0) is 18.4. The lowest BCUT2D eigenvalue weighted by atomic mass is 10.2. The molecule has 3 rings (SSSR count). The zero-order valence-electron chi connectivity index (χ0n) is 14.4. The summed E-state index contributed by atoms with van der Waals surface area (Å²) in [6.07, 6.45) is 0.956. The molecule has 0 aliphatic rings. The van der Waals surface area contributed by atoms with E-state index in [-0.39, 0.29) is 11.7 Å². The van der Waals surface area contributed by atoms with Gasteiger partial charge in [0.05, 0.1) is 16.5 Å². The number of nitrogens with zero attached hydrogens (tertiary/aromatic N) is 3. The van der Waals surface area contributed by atoms with Gasteiger partial charge in [0, 0.05) is 12.1 Å². The van der Waals surface area contributed by atoms with Crippen LogP contribution in [0.25, 0.3) is 11.4 Å². The van der Waals surface area contributed by atoms with E-state index in [0.717, 1.165) is 29.5 Å². The third-order valence-electron chi connectivity index (χ3n) is 3.68. The Morgan fingerprint density at radius 3 is 2.58 bits per heavy atom. The molecule has 7 heteroatoms. The van der Waals surface area contributed by atoms with Crippen LogP contribution in [0.2, 0.25) is 5.02 Å². The van der Waals surface area contributed by atoms with E-state index in [1.807, 2.05) is 42.5 Å². The fourth-order valence-corrected chi connectivity index (χ4v) is 3.45. The Balaban J connectivity index is 1.71. The minimum absolute atomic E-state index is 0.129. The molecule has 26 heavy (non-hydrogen) atoms. The topological polar surface area (TPSA) is 59.8 Å². The van der Waals surface area contributed by atoms with Crippen molar-refractivity contribution in [2.75, 3.05) is 11.1 Å². The van der Waals surface area contributed by atoms with Crippen molar-refractivity contribution in [3.05, 3.63) is 59.6 Å². The smallest absolute Gasteiger partial charge is 0.234 e. The monoisotopic (exact) mass is 386 g/mol. The summed E-state index contributed by atoms with van der Waals surface area (Å²) < 4.78 is 2.06. The quantitative estimate of drug-likeness (QED) is 0.596. The van der Waals surface area contributed by atoms with Crippen LogP contribution in [-0.2, 0) is 11.3 Å². The number of hydrogen-bond donors (Lipinski definition) is 1. The molecule has 0 fully saturated rings. The van der Waals surface area contributed by atoms with Gasteiger partial charge >= 0.3 is 0 Å². The Kier molecular flexibility index (Phi) is 6.30. The molecule has 0 spiro atoms. The number of carbonyl (C=O) groups is 1. The van der Waals surface area contributed by atoms with Gasteiger partial charge in [0.1, 0.15) is 0 Å². The largest absolute Gasteiger partial charge is 0.324 e. The highest BCUT2D eigenvalue weighted by atomic mass is 35.5. The molecule has 1 amide bonds. The zero-order valence-corrected chi connectivity index (χ0v) is 15.9. The van der Waals surface area contributed by atoms with Crippen molar-refractivity contribution in [3.63, 3.8) is 0 Å². The first kappa shape index (κ1) is 18.5. The molecule has 1 heterocycles. The Bertz CT molecular complexity index is 882. The molecule has 0 saturated carbocycles. The summed E-state index contributed by atoms with van der Waals surface area (Å²) in [4.78, 5) is 12.2. The van der Waals surface area contributed by atoms with Gasteiger partial charge in [0.25, 0.3) is 0 Å². The van der Waals surface area contributed by atoms with Gasteiger partial charge in [0.15, 0.2) is 11.0 Å². The summed E-state index contributed by atoms with van der Waals surface area (Å²) in [5.41, 5.74) is 1.63. The van der Waals surface area contributed by atoms with Crippen molar-refractivity contribution >= 4 is 35.0 Å². The third kappa shape index (κ3) is 4.45. The molecule has 5 nitrogen and oxygen atoms in total. The van der Waals surface area contributed by atoms with Crippen molar-refractivity contribution in [1.82, 2.24) is 14.8 Å². The molecular formula is C19H19ClN4OS. The van der Waals surface area contributed by atoms with Crippen molar-refractivity contribution in [2.45, 2.75) is 25.0 Å². The Hall–Kier alpha value is -2.31. The van der Waals surface area contributed by atoms with Gasteiger partial charge in [-0.3, -0.25) is 4.79 Å². The average molecular weight is 387 g/mol. The second kappa shape index (κ2) is 8.87. The highest BCUT2D eigenvalue weighted by Gasteiger charge is 2.15. The third-order valence-corrected chi connectivity index (χ3v) is 4.97. The van der Waals surface area contributed by atoms with Crippen molar-refractivity contribution in [2.24, 2.45) is 0 Å². The molecule has 0 saturated heterocycles. The van der Waals surface area contributed by atoms with Crippen molar-refractivity contribution in [1.29, 1.82) is 0 Å². The predicted molar refractivity (Wildman–Crippen MR) is 107 cm³/mol. The fraction of sp³-hybridized carbons (Fsp3) is 0.211. The highest BCUT2D eigenvalue weighted by Crippen LogP contribution is 2.25. The van der Waals surface area contributed by atoms with Crippen molar-refractivity contribution in [3.8, 4) is 11.4 Å². The highest BCUT2D eigenvalue weighted by molar-refractivity contribution is 7.99. The number of nitrogens with one attached hydrogen (secondary N) is 1. The molecule has 0 aliphatic carbocycles. The van der Waals surface area contributed by atoms with Crippen LogP contribution in [0, 0.1) is 0 Å². The lowest BCUT2D eigenvalue weighted by Crippen LogP contribution is -2.15. The van der Waals surface area contributed by atoms with Crippen LogP contribution < -0.4 is 5.32 Å². The van der Waals surface area contributed by atoms with Gasteiger partial charge in [-0.25, -0.2) is 0 Å². The fourth-order valence-electron chi connectivity index (χ4n) is 2.50. The lowest BCUT2D eigenvalue weighted by Gasteiger charge is -2.09. The molecule has 0 aliphatic heterocycles. The molecule has 1 N–H and O–H groups in total. The second-order valence-electron chi connectivity index (χ2n) is 5.64. The maximum Gasteiger partial charge on any atom is 0.234 e. The molecule has 3 aromatic rings. The van der Waals surface area contributed by atoms with Gasteiger partial charge in [-0.1, -0.05) is 72.8 Å². The SMILES string of the molecule is CCCn1c(SCC(=O)Nc2ccccc2Cl)nnc1-c1ccccc1. The Morgan fingerprint density at radius 1 is 1.12 bits per heavy atom. The van der Waals surface area contributed by atoms with Crippen molar-refractivity contribution < 1.29 is 4.79 Å². The number of aromatic nitrogens is 3. The molecule has 2 aromatic carbocycles. The van der Waals surface area contributed by atoms with E-state index < -0.39 is 0 Å². The summed E-state index contributed by atoms with van der Waals surface area (Å²) in [6.45, 7) is 2.90. The summed E-state index contributed by atoms with van der Waals surface area (Å²) >= 11 is 7.45. The van der Waals surface area contributed by atoms with Crippen LogP contribution in [0.15, 0.2) is 59.8 Å². The molecular weight excluding hydrogens is 368 g/mol.